The Morgan fingerprint density at radius 1 is 0.142 bits per heavy atom. The number of hydrogen-bond acceptors (Lipinski definition) is 0. The van der Waals surface area contributed by atoms with Gasteiger partial charge >= 0.3 is 737 Å². The van der Waals surface area contributed by atoms with Crippen LogP contribution in [0.15, 0.2) is 0 Å². The molecule has 0 amide bonds. The van der Waals surface area contributed by atoms with Gasteiger partial charge in [-0.15, -0.1) is 0 Å². The Morgan fingerprint density at radius 3 is 0.319 bits per heavy atom. The van der Waals surface area contributed by atoms with Crippen LogP contribution in [0, 0.1) is 81.2 Å². The van der Waals surface area contributed by atoms with E-state index >= 15 is 0 Å². The fourth-order valence-electron chi connectivity index (χ4n) is 28.9. The summed E-state index contributed by atoms with van der Waals surface area (Å²) >= 11 is -3.56. The minimum atomic E-state index is -2.20. The molecule has 0 nitrogen and oxygen atoms in total. The van der Waals surface area contributed by atoms with Crippen molar-refractivity contribution < 1.29 is 28.3 Å². The van der Waals surface area contributed by atoms with Crippen LogP contribution in [-0.4, -0.2) is 0 Å². The summed E-state index contributed by atoms with van der Waals surface area (Å²) in [6.45, 7) is 124. The molecule has 0 aliphatic carbocycles. The molecule has 0 bridgehead atoms. The van der Waals surface area contributed by atoms with Crippen molar-refractivity contribution in [2.24, 2.45) is 81.2 Å². The van der Waals surface area contributed by atoms with Gasteiger partial charge in [-0.25, -0.2) is 0 Å². The molecule has 0 unspecified atom stereocenters. The zero-order valence-electron chi connectivity index (χ0n) is 88.4. The molecule has 0 heterocycles. The molecule has 0 aliphatic heterocycles. The molecule has 0 N–H and O–H groups in total. The second-order valence-electron chi connectivity index (χ2n) is 49.3. The van der Waals surface area contributed by atoms with E-state index in [1.54, 1.807) is 0 Å². The Hall–Kier alpha value is 1.06. The van der Waals surface area contributed by atoms with Crippen molar-refractivity contribution in [2.75, 3.05) is 0 Å². The van der Waals surface area contributed by atoms with Crippen LogP contribution in [0.1, 0.15) is 601 Å². The predicted octanol–water partition coefficient (Wildman–Crippen LogP) is 42.3. The van der Waals surface area contributed by atoms with E-state index < -0.39 is 28.3 Å². The van der Waals surface area contributed by atoms with Gasteiger partial charge in [0.25, 0.3) is 0 Å². The van der Waals surface area contributed by atoms with Crippen LogP contribution in [0.2, 0.25) is 27.2 Å². The third kappa shape index (κ3) is 28.0. The summed E-state index contributed by atoms with van der Waals surface area (Å²) in [6.07, 6.45) is 60.0. The van der Waals surface area contributed by atoms with Crippen molar-refractivity contribution in [2.45, 2.75) is 628 Å². The standard InChI is InChI=1S/3C22H45.3C15H31.2Cr/c3*1-10-13-16-20(4,5)19(21(6,7)17-14-11-2)22(8,9)18-15-12-3;3*1-7-9-11-14(3,4)13-15(5,6)12-10-8-2;;/h3*10-18H2,1-9H3;3*13H,7-12H2,1-6H3;;. The first-order chi connectivity index (χ1) is 51.8. The van der Waals surface area contributed by atoms with Gasteiger partial charge in [0.1, 0.15) is 0 Å². The molecule has 0 radical (unpaired) electrons. The van der Waals surface area contributed by atoms with Crippen molar-refractivity contribution >= 4 is 0 Å². The van der Waals surface area contributed by atoms with E-state index in [1.807, 2.05) is 0 Å². The molecule has 0 fully saturated rings. The maximum atomic E-state index is 2.96. The molecule has 0 saturated heterocycles. The monoisotopic (exact) mass is 1670 g/mol. The van der Waals surface area contributed by atoms with Crippen molar-refractivity contribution in [3.8, 4) is 0 Å². The summed E-state index contributed by atoms with van der Waals surface area (Å²) < 4.78 is 2.61. The van der Waals surface area contributed by atoms with Crippen molar-refractivity contribution in [1.82, 2.24) is 0 Å². The van der Waals surface area contributed by atoms with Gasteiger partial charge in [0.2, 0.25) is 0 Å². The number of hydrogen-bond donors (Lipinski definition) is 0. The van der Waals surface area contributed by atoms with Crippen LogP contribution < -0.4 is 0 Å². The Morgan fingerprint density at radius 2 is 0.230 bits per heavy atom. The van der Waals surface area contributed by atoms with E-state index in [0.717, 1.165) is 14.3 Å². The third-order valence-corrected chi connectivity index (χ3v) is 51.2. The Kier molecular flexibility index (Phi) is 51.0. The van der Waals surface area contributed by atoms with Gasteiger partial charge in [-0.1, -0.05) is 0 Å². The zero-order valence-corrected chi connectivity index (χ0v) is 90.9. The van der Waals surface area contributed by atoms with Gasteiger partial charge in [0, 0.05) is 0 Å². The molecule has 113 heavy (non-hydrogen) atoms. The Labute approximate surface area is 731 Å². The topological polar surface area (TPSA) is 0 Å². The van der Waals surface area contributed by atoms with Crippen LogP contribution in [0.5, 0.6) is 0 Å². The van der Waals surface area contributed by atoms with Crippen molar-refractivity contribution in [1.29, 1.82) is 0 Å². The van der Waals surface area contributed by atoms with E-state index in [0.29, 0.717) is 32.5 Å². The summed E-state index contributed by atoms with van der Waals surface area (Å²) in [5.74, 6) is 0. The van der Waals surface area contributed by atoms with E-state index in [-0.39, 0.29) is 61.6 Å². The van der Waals surface area contributed by atoms with E-state index in [4.69, 9.17) is 0 Å². The first-order valence-electron chi connectivity index (χ1n) is 51.2. The van der Waals surface area contributed by atoms with Crippen LogP contribution >= 0.6 is 0 Å². The molecule has 0 rings (SSSR count). The normalized spacial score (nSPS) is 14.8. The molecular weight excluding hydrogens is 1440 g/mol. The first kappa shape index (κ1) is 116. The van der Waals surface area contributed by atoms with Crippen molar-refractivity contribution in [3.63, 3.8) is 0 Å². The SMILES string of the molecule is CCCCC(C)(C)[CH]([Cr]([CH](C(C)(C)CCCC)C(C)(C)CCCC)[CH](C(C)(C)CCCC)C(C)(C)CCCC)C(C)(C)CCCC.CCCCC(C)(C)[C]([Cr]([C](C(C)(C)CCCC)(C(C)(C)CCCC)C(C)(C)CCCC)[C](C(C)(C)CCCC)(C(C)(C)CCCC)C(C)(C)CCCC)(C(C)(C)CCCC)C(C)(C)CCCC. The van der Waals surface area contributed by atoms with Gasteiger partial charge < -0.3 is 0 Å². The molecule has 0 spiro atoms. The molecule has 684 valence electrons. The van der Waals surface area contributed by atoms with Crippen LogP contribution in [0.25, 0.3) is 0 Å². The molecule has 0 aromatic rings. The molecule has 0 aromatic carbocycles. The minimum absolute atomic E-state index is 0.0689. The Balaban J connectivity index is 0. The maximum absolute atomic E-state index is 2.96. The average molecular weight is 1670 g/mol. The van der Waals surface area contributed by atoms with Gasteiger partial charge in [-0.2, -0.15) is 0 Å². The van der Waals surface area contributed by atoms with Crippen molar-refractivity contribution in [3.05, 3.63) is 0 Å². The summed E-state index contributed by atoms with van der Waals surface area (Å²) in [5, 5.41) is 0. The average Bonchev–Trinajstić information content (AvgIpc) is 0.634. The second kappa shape index (κ2) is 49.7. The molecule has 0 atom stereocenters. The van der Waals surface area contributed by atoms with Gasteiger partial charge in [-0.05, 0) is 0 Å². The summed E-state index contributed by atoms with van der Waals surface area (Å²) in [4.78, 5) is 0. The molecule has 0 aromatic heterocycles. The van der Waals surface area contributed by atoms with E-state index in [1.165, 1.54) is 289 Å². The van der Waals surface area contributed by atoms with Crippen LogP contribution in [-0.2, 0) is 28.3 Å². The quantitative estimate of drug-likeness (QED) is 0.0569. The second-order valence-corrected chi connectivity index (χ2v) is 56.6. The summed E-state index contributed by atoms with van der Waals surface area (Å²) in [7, 11) is 0. The fraction of sp³-hybridized carbons (Fsp3) is 1.00. The molecular formula is C111H228Cr2. The van der Waals surface area contributed by atoms with Crippen LogP contribution in [0.4, 0.5) is 0 Å². The third-order valence-electron chi connectivity index (χ3n) is 32.0. The van der Waals surface area contributed by atoms with Gasteiger partial charge in [0.05, 0.1) is 0 Å². The Bertz CT molecular complexity index is 1960. The molecule has 0 aliphatic rings. The van der Waals surface area contributed by atoms with Gasteiger partial charge in [-0.3, -0.25) is 0 Å². The summed E-state index contributed by atoms with van der Waals surface area (Å²) in [6, 6.07) is 0. The number of unbranched alkanes of at least 4 members (excludes halogenated alkanes) is 15. The molecule has 0 saturated carbocycles. The zero-order chi connectivity index (χ0) is 88.7. The van der Waals surface area contributed by atoms with Crippen LogP contribution in [0.3, 0.4) is 0 Å². The number of rotatable bonds is 66. The van der Waals surface area contributed by atoms with E-state index in [9.17, 15) is 0 Å². The predicted molar refractivity (Wildman–Crippen MR) is 519 cm³/mol. The van der Waals surface area contributed by atoms with E-state index in [2.05, 4.69) is 312 Å². The van der Waals surface area contributed by atoms with Gasteiger partial charge in [0.15, 0.2) is 0 Å². The fourth-order valence-corrected chi connectivity index (χ4v) is 49.6. The molecule has 2 heteroatoms. The first-order valence-corrected chi connectivity index (χ1v) is 55.3. The summed E-state index contributed by atoms with van der Waals surface area (Å²) in [5.41, 5.74) is 2.98.